The van der Waals surface area contributed by atoms with Crippen LogP contribution >= 0.6 is 0 Å². The van der Waals surface area contributed by atoms with Crippen molar-refractivity contribution in [3.05, 3.63) is 0 Å². The highest BCUT2D eigenvalue weighted by molar-refractivity contribution is 4.71. The monoisotopic (exact) mass is 142 g/mol. The summed E-state index contributed by atoms with van der Waals surface area (Å²) in [7, 11) is 0. The molecule has 0 aromatic carbocycles. The Morgan fingerprint density at radius 2 is 1.90 bits per heavy atom. The highest BCUT2D eigenvalue weighted by atomic mass is 16.5. The van der Waals surface area contributed by atoms with Crippen LogP contribution < -0.4 is 0 Å². The summed E-state index contributed by atoms with van der Waals surface area (Å²) in [5.41, 5.74) is 0. The van der Waals surface area contributed by atoms with Crippen molar-refractivity contribution in [2.45, 2.75) is 58.2 Å². The van der Waals surface area contributed by atoms with Crippen LogP contribution in [0.15, 0.2) is 0 Å². The minimum Gasteiger partial charge on any atom is -0.375 e. The predicted molar refractivity (Wildman–Crippen MR) is 43.1 cm³/mol. The fourth-order valence-electron chi connectivity index (χ4n) is 1.26. The molecule has 0 N–H and O–H groups in total. The second-order valence-electron chi connectivity index (χ2n) is 3.13. The number of hydrogen-bond acceptors (Lipinski definition) is 1. The smallest absolute Gasteiger partial charge is 0.0579 e. The van der Waals surface area contributed by atoms with Gasteiger partial charge >= 0.3 is 0 Å². The molecule has 0 aliphatic heterocycles. The lowest BCUT2D eigenvalue weighted by molar-refractivity contribution is -0.0535. The molecule has 1 heteroatoms. The molecule has 1 aliphatic rings. The summed E-state index contributed by atoms with van der Waals surface area (Å²) in [4.78, 5) is 0. The van der Waals surface area contributed by atoms with Crippen LogP contribution in [0, 0.1) is 0 Å². The summed E-state index contributed by atoms with van der Waals surface area (Å²) in [6.45, 7) is 4.40. The summed E-state index contributed by atoms with van der Waals surface area (Å²) in [5.74, 6) is 0. The van der Waals surface area contributed by atoms with Crippen LogP contribution in [0.1, 0.15) is 46.0 Å². The van der Waals surface area contributed by atoms with E-state index < -0.39 is 0 Å². The molecule has 0 unspecified atom stereocenters. The molecule has 60 valence electrons. The van der Waals surface area contributed by atoms with Gasteiger partial charge in [-0.2, -0.15) is 0 Å². The van der Waals surface area contributed by atoms with Crippen molar-refractivity contribution in [1.82, 2.24) is 0 Å². The Kier molecular flexibility index (Phi) is 3.20. The Bertz CT molecular complexity index is 82.7. The molecule has 1 nitrogen and oxygen atoms in total. The highest BCUT2D eigenvalue weighted by Gasteiger charge is 2.20. The van der Waals surface area contributed by atoms with Gasteiger partial charge in [0.2, 0.25) is 0 Å². The van der Waals surface area contributed by atoms with E-state index in [0.717, 1.165) is 0 Å². The first kappa shape index (κ1) is 8.06. The average molecular weight is 142 g/mol. The Balaban J connectivity index is 2.08. The van der Waals surface area contributed by atoms with Gasteiger partial charge in [-0.3, -0.25) is 0 Å². The first-order valence-electron chi connectivity index (χ1n) is 4.52. The van der Waals surface area contributed by atoms with E-state index in [0.29, 0.717) is 12.2 Å². The molecule has 0 heterocycles. The van der Waals surface area contributed by atoms with Gasteiger partial charge in [0.05, 0.1) is 12.2 Å². The quantitative estimate of drug-likeness (QED) is 0.586. The minimum atomic E-state index is 0.533. The largest absolute Gasteiger partial charge is 0.375 e. The van der Waals surface area contributed by atoms with E-state index in [1.165, 1.54) is 32.1 Å². The predicted octanol–water partition coefficient (Wildman–Crippen LogP) is 2.74. The minimum absolute atomic E-state index is 0.533. The summed E-state index contributed by atoms with van der Waals surface area (Å²) in [5, 5.41) is 0. The topological polar surface area (TPSA) is 9.23 Å². The van der Waals surface area contributed by atoms with Gasteiger partial charge in [0, 0.05) is 0 Å². The van der Waals surface area contributed by atoms with Gasteiger partial charge in [0.25, 0.3) is 0 Å². The molecule has 1 saturated carbocycles. The molecule has 0 saturated heterocycles. The van der Waals surface area contributed by atoms with Crippen LogP contribution in [0.25, 0.3) is 0 Å². The molecule has 1 rings (SSSR count). The molecule has 0 amide bonds. The zero-order chi connectivity index (χ0) is 7.40. The molecule has 0 aromatic rings. The van der Waals surface area contributed by atoms with E-state index in [-0.39, 0.29) is 0 Å². The van der Waals surface area contributed by atoms with Gasteiger partial charge in [0.1, 0.15) is 0 Å². The van der Waals surface area contributed by atoms with Crippen molar-refractivity contribution < 1.29 is 4.74 Å². The zero-order valence-corrected chi connectivity index (χ0v) is 7.10. The van der Waals surface area contributed by atoms with Crippen molar-refractivity contribution in [2.24, 2.45) is 0 Å². The summed E-state index contributed by atoms with van der Waals surface area (Å²) >= 11 is 0. The molecule has 1 aliphatic carbocycles. The number of ether oxygens (including phenoxy) is 1. The number of hydrogen-bond donors (Lipinski definition) is 0. The molecular formula is C9H18O. The van der Waals surface area contributed by atoms with Gasteiger partial charge < -0.3 is 4.74 Å². The van der Waals surface area contributed by atoms with Crippen molar-refractivity contribution in [1.29, 1.82) is 0 Å². The van der Waals surface area contributed by atoms with Crippen LogP contribution in [0.5, 0.6) is 0 Å². The summed E-state index contributed by atoms with van der Waals surface area (Å²) in [6.07, 6.45) is 7.48. The van der Waals surface area contributed by atoms with Gasteiger partial charge in [-0.25, -0.2) is 0 Å². The van der Waals surface area contributed by atoms with Crippen LogP contribution in [0.2, 0.25) is 0 Å². The van der Waals surface area contributed by atoms with E-state index in [9.17, 15) is 0 Å². The zero-order valence-electron chi connectivity index (χ0n) is 7.10. The van der Waals surface area contributed by atoms with Crippen LogP contribution in [0.4, 0.5) is 0 Å². The standard InChI is InChI=1S/C9H18O/c1-3-8(4-2)10-9-6-5-7-9/h8-9H,3-7H2,1-2H3. The van der Waals surface area contributed by atoms with Crippen molar-refractivity contribution in [2.75, 3.05) is 0 Å². The summed E-state index contributed by atoms with van der Waals surface area (Å²) in [6, 6.07) is 0. The summed E-state index contributed by atoms with van der Waals surface area (Å²) < 4.78 is 5.78. The first-order valence-corrected chi connectivity index (χ1v) is 4.52. The maximum Gasteiger partial charge on any atom is 0.0579 e. The Hall–Kier alpha value is -0.0400. The van der Waals surface area contributed by atoms with E-state index in [2.05, 4.69) is 13.8 Å². The maximum atomic E-state index is 5.78. The normalized spacial score (nSPS) is 19.5. The van der Waals surface area contributed by atoms with E-state index >= 15 is 0 Å². The molecule has 1 fully saturated rings. The van der Waals surface area contributed by atoms with Gasteiger partial charge in [-0.1, -0.05) is 13.8 Å². The van der Waals surface area contributed by atoms with E-state index in [4.69, 9.17) is 4.74 Å². The lowest BCUT2D eigenvalue weighted by Gasteiger charge is -2.29. The molecule has 0 atom stereocenters. The fourth-order valence-corrected chi connectivity index (χ4v) is 1.26. The Labute approximate surface area is 63.8 Å². The number of rotatable bonds is 4. The third kappa shape index (κ3) is 1.98. The van der Waals surface area contributed by atoms with Crippen molar-refractivity contribution in [3.63, 3.8) is 0 Å². The molecule has 0 bridgehead atoms. The van der Waals surface area contributed by atoms with Crippen LogP contribution in [-0.2, 0) is 4.74 Å². The van der Waals surface area contributed by atoms with Gasteiger partial charge in [0.15, 0.2) is 0 Å². The second kappa shape index (κ2) is 3.97. The Morgan fingerprint density at radius 1 is 1.30 bits per heavy atom. The van der Waals surface area contributed by atoms with Crippen LogP contribution in [-0.4, -0.2) is 12.2 Å². The molecule has 0 aromatic heterocycles. The maximum absolute atomic E-state index is 5.78. The molecule has 10 heavy (non-hydrogen) atoms. The average Bonchev–Trinajstić information content (AvgIpc) is 1.87. The lowest BCUT2D eigenvalue weighted by Crippen LogP contribution is -2.27. The molecular weight excluding hydrogens is 124 g/mol. The second-order valence-corrected chi connectivity index (χ2v) is 3.13. The first-order chi connectivity index (χ1) is 4.86. The third-order valence-corrected chi connectivity index (χ3v) is 2.35. The van der Waals surface area contributed by atoms with Gasteiger partial charge in [-0.15, -0.1) is 0 Å². The van der Waals surface area contributed by atoms with Crippen molar-refractivity contribution in [3.8, 4) is 0 Å². The Morgan fingerprint density at radius 3 is 2.20 bits per heavy atom. The van der Waals surface area contributed by atoms with Crippen LogP contribution in [0.3, 0.4) is 0 Å². The third-order valence-electron chi connectivity index (χ3n) is 2.35. The van der Waals surface area contributed by atoms with E-state index in [1.807, 2.05) is 0 Å². The van der Waals surface area contributed by atoms with Gasteiger partial charge in [-0.05, 0) is 32.1 Å². The molecule has 0 radical (unpaired) electrons. The molecule has 0 spiro atoms. The van der Waals surface area contributed by atoms with Crippen molar-refractivity contribution >= 4 is 0 Å². The fraction of sp³-hybridized carbons (Fsp3) is 1.00. The SMILES string of the molecule is CCC(CC)OC1CCC1. The van der Waals surface area contributed by atoms with E-state index in [1.54, 1.807) is 0 Å². The lowest BCUT2D eigenvalue weighted by atomic mass is 9.96. The highest BCUT2D eigenvalue weighted by Crippen LogP contribution is 2.24.